The highest BCUT2D eigenvalue weighted by atomic mass is 16.6. The third kappa shape index (κ3) is 2.07. The minimum atomic E-state index is -0.00748. The summed E-state index contributed by atoms with van der Waals surface area (Å²) in [6.45, 7) is 0.686. The summed E-state index contributed by atoms with van der Waals surface area (Å²) < 4.78 is 4.96. The molecule has 0 aromatic rings. The number of ether oxygens (including phenoxy) is 1. The molecule has 0 N–H and O–H groups in total. The molecule has 0 amide bonds. The highest BCUT2D eigenvalue weighted by Gasteiger charge is 2.32. The number of carbonyl (C=O) groups excluding carboxylic acids is 1. The van der Waals surface area contributed by atoms with Crippen LogP contribution in [0.5, 0.6) is 0 Å². The number of ketones is 1. The Morgan fingerprint density at radius 3 is 2.50 bits per heavy atom. The van der Waals surface area contributed by atoms with Crippen LogP contribution in [0, 0.1) is 5.92 Å². The molecule has 2 heteroatoms. The normalized spacial score (nSPS) is 30.2. The zero-order valence-corrected chi connectivity index (χ0v) is 7.42. The summed E-state index contributed by atoms with van der Waals surface area (Å²) in [5.74, 6) is 1.03. The van der Waals surface area contributed by atoms with Crippen LogP contribution < -0.4 is 0 Å². The molecule has 2 fully saturated rings. The first-order valence-electron chi connectivity index (χ1n) is 5.00. The maximum absolute atomic E-state index is 11.3. The fraction of sp³-hybridized carbons (Fsp3) is 0.900. The lowest BCUT2D eigenvalue weighted by Gasteiger charge is -2.20. The lowest BCUT2D eigenvalue weighted by Crippen LogP contribution is -2.15. The SMILES string of the molecule is O=C(CC1CCCCC1)[C@@H]1CO1. The average Bonchev–Trinajstić information content (AvgIpc) is 2.88. The van der Waals surface area contributed by atoms with E-state index in [9.17, 15) is 4.79 Å². The van der Waals surface area contributed by atoms with Crippen molar-refractivity contribution in [2.75, 3.05) is 6.61 Å². The molecule has 0 unspecified atom stereocenters. The summed E-state index contributed by atoms with van der Waals surface area (Å²) in [7, 11) is 0. The lowest BCUT2D eigenvalue weighted by molar-refractivity contribution is -0.121. The Balaban J connectivity index is 1.73. The van der Waals surface area contributed by atoms with Gasteiger partial charge >= 0.3 is 0 Å². The van der Waals surface area contributed by atoms with Gasteiger partial charge in [0, 0.05) is 6.42 Å². The first kappa shape index (κ1) is 8.24. The van der Waals surface area contributed by atoms with Gasteiger partial charge in [0.1, 0.15) is 6.10 Å². The smallest absolute Gasteiger partial charge is 0.164 e. The van der Waals surface area contributed by atoms with Gasteiger partial charge in [-0.2, -0.15) is 0 Å². The second-order valence-corrected chi connectivity index (χ2v) is 4.00. The molecule has 1 aliphatic heterocycles. The topological polar surface area (TPSA) is 29.6 Å². The fourth-order valence-electron chi connectivity index (χ4n) is 2.04. The van der Waals surface area contributed by atoms with Crippen molar-refractivity contribution in [1.29, 1.82) is 0 Å². The highest BCUT2D eigenvalue weighted by molar-refractivity contribution is 5.85. The number of rotatable bonds is 3. The van der Waals surface area contributed by atoms with Crippen LogP contribution in [0.4, 0.5) is 0 Å². The molecule has 0 aromatic carbocycles. The van der Waals surface area contributed by atoms with Gasteiger partial charge in [-0.05, 0) is 5.92 Å². The minimum Gasteiger partial charge on any atom is -0.365 e. The van der Waals surface area contributed by atoms with Gasteiger partial charge in [-0.15, -0.1) is 0 Å². The molecule has 1 atom stereocenters. The van der Waals surface area contributed by atoms with Gasteiger partial charge in [0.15, 0.2) is 5.78 Å². The summed E-state index contributed by atoms with van der Waals surface area (Å²) in [6.07, 6.45) is 7.31. The van der Waals surface area contributed by atoms with Crippen molar-refractivity contribution in [1.82, 2.24) is 0 Å². The van der Waals surface area contributed by atoms with Gasteiger partial charge in [0.05, 0.1) is 6.61 Å². The standard InChI is InChI=1S/C10H16O2/c11-9(10-7-12-10)6-8-4-2-1-3-5-8/h8,10H,1-7H2/t10-/m0/s1. The van der Waals surface area contributed by atoms with Gasteiger partial charge in [0.25, 0.3) is 0 Å². The zero-order valence-electron chi connectivity index (χ0n) is 7.42. The molecule has 1 saturated carbocycles. The van der Waals surface area contributed by atoms with Crippen LogP contribution in [-0.2, 0) is 9.53 Å². The molecule has 2 nitrogen and oxygen atoms in total. The monoisotopic (exact) mass is 168 g/mol. The van der Waals surface area contributed by atoms with Crippen molar-refractivity contribution in [3.05, 3.63) is 0 Å². The Kier molecular flexibility index (Phi) is 2.45. The summed E-state index contributed by atoms with van der Waals surface area (Å²) in [4.78, 5) is 11.3. The molecule has 0 aromatic heterocycles. The van der Waals surface area contributed by atoms with Crippen LogP contribution >= 0.6 is 0 Å². The Morgan fingerprint density at radius 1 is 1.25 bits per heavy atom. The van der Waals surface area contributed by atoms with Crippen LogP contribution in [0.1, 0.15) is 38.5 Å². The lowest BCUT2D eigenvalue weighted by atomic mass is 9.85. The molecule has 0 radical (unpaired) electrons. The number of epoxide rings is 1. The van der Waals surface area contributed by atoms with Gasteiger partial charge in [-0.1, -0.05) is 32.1 Å². The summed E-state index contributed by atoms with van der Waals surface area (Å²) >= 11 is 0. The maximum atomic E-state index is 11.3. The summed E-state index contributed by atoms with van der Waals surface area (Å²) in [6, 6.07) is 0. The van der Waals surface area contributed by atoms with Crippen molar-refractivity contribution in [2.45, 2.75) is 44.6 Å². The van der Waals surface area contributed by atoms with Gasteiger partial charge in [-0.25, -0.2) is 0 Å². The van der Waals surface area contributed by atoms with Crippen molar-refractivity contribution in [3.8, 4) is 0 Å². The summed E-state index contributed by atoms with van der Waals surface area (Å²) in [5.41, 5.74) is 0. The zero-order chi connectivity index (χ0) is 8.39. The largest absolute Gasteiger partial charge is 0.365 e. The molecule has 2 rings (SSSR count). The van der Waals surface area contributed by atoms with E-state index in [2.05, 4.69) is 0 Å². The molecule has 0 bridgehead atoms. The van der Waals surface area contributed by atoms with Crippen molar-refractivity contribution in [2.24, 2.45) is 5.92 Å². The molecule has 0 spiro atoms. The molecular formula is C10H16O2. The van der Waals surface area contributed by atoms with E-state index in [0.29, 0.717) is 18.3 Å². The fourth-order valence-corrected chi connectivity index (χ4v) is 2.04. The van der Waals surface area contributed by atoms with Crippen LogP contribution in [-0.4, -0.2) is 18.5 Å². The van der Waals surface area contributed by atoms with E-state index in [1.807, 2.05) is 0 Å². The van der Waals surface area contributed by atoms with Crippen molar-refractivity contribution < 1.29 is 9.53 Å². The second-order valence-electron chi connectivity index (χ2n) is 4.00. The van der Waals surface area contributed by atoms with Crippen molar-refractivity contribution >= 4 is 5.78 Å². The molecule has 1 aliphatic carbocycles. The van der Waals surface area contributed by atoms with E-state index in [1.54, 1.807) is 0 Å². The van der Waals surface area contributed by atoms with Crippen LogP contribution in [0.25, 0.3) is 0 Å². The average molecular weight is 168 g/mol. The van der Waals surface area contributed by atoms with Crippen molar-refractivity contribution in [3.63, 3.8) is 0 Å². The van der Waals surface area contributed by atoms with E-state index in [1.165, 1.54) is 32.1 Å². The maximum Gasteiger partial charge on any atom is 0.164 e. The summed E-state index contributed by atoms with van der Waals surface area (Å²) in [5, 5.41) is 0. The van der Waals surface area contributed by atoms with Gasteiger partial charge in [-0.3, -0.25) is 4.79 Å². The number of Topliss-reactive ketones (excluding diaryl/α,β-unsaturated/α-hetero) is 1. The van der Waals surface area contributed by atoms with Gasteiger partial charge < -0.3 is 4.74 Å². The second kappa shape index (κ2) is 3.56. The van der Waals surface area contributed by atoms with E-state index < -0.39 is 0 Å². The Bertz CT molecular complexity index is 167. The predicted molar refractivity (Wildman–Crippen MR) is 45.9 cm³/mol. The van der Waals surface area contributed by atoms with Gasteiger partial charge in [0.2, 0.25) is 0 Å². The third-order valence-corrected chi connectivity index (χ3v) is 2.91. The first-order valence-corrected chi connectivity index (χ1v) is 5.00. The van der Waals surface area contributed by atoms with E-state index in [-0.39, 0.29) is 6.10 Å². The molecule has 2 aliphatic rings. The Morgan fingerprint density at radius 2 is 1.92 bits per heavy atom. The predicted octanol–water partition coefficient (Wildman–Crippen LogP) is 1.92. The minimum absolute atomic E-state index is 0.00748. The first-order chi connectivity index (χ1) is 5.86. The Hall–Kier alpha value is -0.370. The van der Waals surface area contributed by atoms with Crippen LogP contribution in [0.15, 0.2) is 0 Å². The molecule has 1 heterocycles. The van der Waals surface area contributed by atoms with E-state index in [0.717, 1.165) is 6.42 Å². The number of hydrogen-bond acceptors (Lipinski definition) is 2. The number of hydrogen-bond donors (Lipinski definition) is 0. The van der Waals surface area contributed by atoms with Crippen LogP contribution in [0.2, 0.25) is 0 Å². The molecule has 12 heavy (non-hydrogen) atoms. The van der Waals surface area contributed by atoms with Crippen LogP contribution in [0.3, 0.4) is 0 Å². The van der Waals surface area contributed by atoms with E-state index >= 15 is 0 Å². The quantitative estimate of drug-likeness (QED) is 0.602. The molecule has 68 valence electrons. The number of carbonyl (C=O) groups is 1. The molecule has 1 saturated heterocycles. The van der Waals surface area contributed by atoms with E-state index in [4.69, 9.17) is 4.74 Å². The highest BCUT2D eigenvalue weighted by Crippen LogP contribution is 2.28. The Labute approximate surface area is 73.3 Å². The molecular weight excluding hydrogens is 152 g/mol. The third-order valence-electron chi connectivity index (χ3n) is 2.91.